The fourth-order valence-corrected chi connectivity index (χ4v) is 3.64. The predicted octanol–water partition coefficient (Wildman–Crippen LogP) is 4.49. The van der Waals surface area contributed by atoms with E-state index in [0.29, 0.717) is 16.9 Å². The van der Waals surface area contributed by atoms with E-state index in [1.165, 1.54) is 11.3 Å². The molecule has 24 heavy (non-hydrogen) atoms. The summed E-state index contributed by atoms with van der Waals surface area (Å²) in [6.45, 7) is 1.75. The van der Waals surface area contributed by atoms with Crippen LogP contribution in [0.3, 0.4) is 0 Å². The van der Waals surface area contributed by atoms with Crippen molar-refractivity contribution < 1.29 is 18.0 Å². The number of aryl methyl sites for hydroxylation is 1. The molecule has 0 fully saturated rings. The van der Waals surface area contributed by atoms with Crippen molar-refractivity contribution in [3.63, 3.8) is 0 Å². The van der Waals surface area contributed by atoms with Crippen molar-refractivity contribution in [2.24, 2.45) is 0 Å². The van der Waals surface area contributed by atoms with Crippen molar-refractivity contribution in [3.8, 4) is 6.07 Å². The molecule has 2 aromatic rings. The van der Waals surface area contributed by atoms with E-state index in [1.807, 2.05) is 6.07 Å². The number of thiazole rings is 1. The minimum Gasteiger partial charge on any atom is -0.297 e. The van der Waals surface area contributed by atoms with Crippen molar-refractivity contribution in [1.82, 2.24) is 9.97 Å². The minimum absolute atomic E-state index is 0.102. The second-order valence-corrected chi connectivity index (χ2v) is 6.91. The van der Waals surface area contributed by atoms with Crippen LogP contribution in [0.1, 0.15) is 22.2 Å². The van der Waals surface area contributed by atoms with Gasteiger partial charge in [-0.15, -0.1) is 11.3 Å². The molecule has 10 heteroatoms. The third-order valence-electron chi connectivity index (χ3n) is 2.82. The van der Waals surface area contributed by atoms with Gasteiger partial charge in [0.2, 0.25) is 0 Å². The highest BCUT2D eigenvalue weighted by Gasteiger charge is 2.32. The fourth-order valence-electron chi connectivity index (χ4n) is 1.68. The van der Waals surface area contributed by atoms with E-state index in [-0.39, 0.29) is 15.8 Å². The molecule has 4 nitrogen and oxygen atoms in total. The van der Waals surface area contributed by atoms with Crippen LogP contribution in [0.5, 0.6) is 0 Å². The Bertz CT molecular complexity index is 801. The summed E-state index contributed by atoms with van der Waals surface area (Å²) in [5.41, 5.74) is -0.250. The maximum atomic E-state index is 12.6. The summed E-state index contributed by atoms with van der Waals surface area (Å²) in [6, 6.07) is 2.65. The SMILES string of the molecule is Cc1csc([C@@H](C#N)C(=O)CSc2ncc(C(F)(F)F)cc2Cl)n1. The standard InChI is InChI=1S/C14H9ClF3N3OS2/c1-7-5-23-12(21-7)9(3-19)11(22)6-24-13-10(15)2-8(4-20-13)14(16,17)18/h2,4-5,9H,6H2,1H3/t9-/m0/s1. The summed E-state index contributed by atoms with van der Waals surface area (Å²) in [6.07, 6.45) is -3.88. The Kier molecular flexibility index (Phi) is 5.85. The first-order valence-electron chi connectivity index (χ1n) is 6.42. The van der Waals surface area contributed by atoms with E-state index in [1.54, 1.807) is 12.3 Å². The van der Waals surface area contributed by atoms with E-state index in [2.05, 4.69) is 9.97 Å². The molecule has 0 aliphatic carbocycles. The molecule has 2 aromatic heterocycles. The molecule has 0 unspecified atom stereocenters. The summed E-state index contributed by atoms with van der Waals surface area (Å²) in [7, 11) is 0. The molecule has 0 aliphatic heterocycles. The highest BCUT2D eigenvalue weighted by atomic mass is 35.5. The predicted molar refractivity (Wildman–Crippen MR) is 85.2 cm³/mol. The number of hydrogen-bond donors (Lipinski definition) is 0. The molecule has 0 spiro atoms. The lowest BCUT2D eigenvalue weighted by Gasteiger charge is -2.09. The zero-order chi connectivity index (χ0) is 17.9. The number of aromatic nitrogens is 2. The van der Waals surface area contributed by atoms with Crippen LogP contribution in [0, 0.1) is 18.3 Å². The van der Waals surface area contributed by atoms with Gasteiger partial charge in [0.15, 0.2) is 11.7 Å². The number of halogens is 4. The maximum Gasteiger partial charge on any atom is 0.417 e. The molecule has 0 bridgehead atoms. The van der Waals surface area contributed by atoms with E-state index in [9.17, 15) is 18.0 Å². The molecule has 1 atom stereocenters. The monoisotopic (exact) mass is 391 g/mol. The van der Waals surface area contributed by atoms with Crippen molar-refractivity contribution in [1.29, 1.82) is 5.26 Å². The van der Waals surface area contributed by atoms with Crippen LogP contribution < -0.4 is 0 Å². The van der Waals surface area contributed by atoms with Gasteiger partial charge >= 0.3 is 6.18 Å². The lowest BCUT2D eigenvalue weighted by molar-refractivity contribution is -0.137. The average molecular weight is 392 g/mol. The van der Waals surface area contributed by atoms with Gasteiger partial charge in [-0.05, 0) is 13.0 Å². The molecular weight excluding hydrogens is 383 g/mol. The number of pyridine rings is 1. The van der Waals surface area contributed by atoms with E-state index in [0.717, 1.165) is 17.8 Å². The maximum absolute atomic E-state index is 12.6. The van der Waals surface area contributed by atoms with Crippen LogP contribution in [-0.4, -0.2) is 21.5 Å². The summed E-state index contributed by atoms with van der Waals surface area (Å²) in [5, 5.41) is 11.2. The summed E-state index contributed by atoms with van der Waals surface area (Å²) in [5.74, 6) is -1.56. The van der Waals surface area contributed by atoms with Crippen molar-refractivity contribution in [3.05, 3.63) is 38.9 Å². The first-order valence-corrected chi connectivity index (χ1v) is 8.66. The van der Waals surface area contributed by atoms with Crippen LogP contribution in [0.15, 0.2) is 22.7 Å². The first-order chi connectivity index (χ1) is 11.2. The van der Waals surface area contributed by atoms with E-state index < -0.39 is 23.4 Å². The van der Waals surface area contributed by atoms with Gasteiger partial charge in [0, 0.05) is 17.3 Å². The molecular formula is C14H9ClF3N3OS2. The molecule has 0 aromatic carbocycles. The molecule has 0 saturated carbocycles. The first kappa shape index (κ1) is 18.7. The number of thioether (sulfide) groups is 1. The van der Waals surface area contributed by atoms with Gasteiger partial charge in [0.1, 0.15) is 10.0 Å². The zero-order valence-corrected chi connectivity index (χ0v) is 14.5. The van der Waals surface area contributed by atoms with Gasteiger partial charge in [0.05, 0.1) is 22.4 Å². The van der Waals surface area contributed by atoms with Gasteiger partial charge in [-0.2, -0.15) is 18.4 Å². The summed E-state index contributed by atoms with van der Waals surface area (Å²) < 4.78 is 37.7. The van der Waals surface area contributed by atoms with E-state index in [4.69, 9.17) is 16.9 Å². The van der Waals surface area contributed by atoms with Gasteiger partial charge in [-0.25, -0.2) is 9.97 Å². The number of alkyl halides is 3. The van der Waals surface area contributed by atoms with Gasteiger partial charge < -0.3 is 0 Å². The molecule has 0 aliphatic rings. The molecule has 0 saturated heterocycles. The minimum atomic E-state index is -4.54. The van der Waals surface area contributed by atoms with Crippen LogP contribution in [0.25, 0.3) is 0 Å². The average Bonchev–Trinajstić information content (AvgIpc) is 2.92. The Balaban J connectivity index is 2.07. The smallest absolute Gasteiger partial charge is 0.297 e. The number of Topliss-reactive ketones (excluding diaryl/α,β-unsaturated/α-hetero) is 1. The third kappa shape index (κ3) is 4.47. The second kappa shape index (κ2) is 7.51. The number of hydrogen-bond acceptors (Lipinski definition) is 6. The lowest BCUT2D eigenvalue weighted by Crippen LogP contribution is -2.13. The van der Waals surface area contributed by atoms with Crippen molar-refractivity contribution in [2.45, 2.75) is 24.0 Å². The largest absolute Gasteiger partial charge is 0.417 e. The van der Waals surface area contributed by atoms with Gasteiger partial charge in [-0.1, -0.05) is 23.4 Å². The number of ketones is 1. The Morgan fingerprint density at radius 1 is 1.54 bits per heavy atom. The number of rotatable bonds is 5. The topological polar surface area (TPSA) is 66.6 Å². The van der Waals surface area contributed by atoms with Gasteiger partial charge in [0.25, 0.3) is 0 Å². The molecule has 0 radical (unpaired) electrons. The normalized spacial score (nSPS) is 12.7. The number of carbonyl (C=O) groups is 1. The van der Waals surface area contributed by atoms with Crippen LogP contribution in [0.2, 0.25) is 5.02 Å². The highest BCUT2D eigenvalue weighted by molar-refractivity contribution is 8.00. The van der Waals surface area contributed by atoms with Crippen LogP contribution in [0.4, 0.5) is 13.2 Å². The van der Waals surface area contributed by atoms with Crippen molar-refractivity contribution in [2.75, 3.05) is 5.75 Å². The molecule has 126 valence electrons. The number of nitrogens with zero attached hydrogens (tertiary/aromatic N) is 3. The Labute approximate surface area is 148 Å². The second-order valence-electron chi connectivity index (χ2n) is 4.65. The molecule has 2 rings (SSSR count). The molecule has 0 N–H and O–H groups in total. The van der Waals surface area contributed by atoms with Crippen molar-refractivity contribution >= 4 is 40.5 Å². The number of carbonyl (C=O) groups excluding carboxylic acids is 1. The lowest BCUT2D eigenvalue weighted by atomic mass is 10.1. The fraction of sp³-hybridized carbons (Fsp3) is 0.286. The Morgan fingerprint density at radius 3 is 2.75 bits per heavy atom. The Hall–Kier alpha value is -1.63. The zero-order valence-electron chi connectivity index (χ0n) is 12.1. The van der Waals surface area contributed by atoms with Crippen LogP contribution in [-0.2, 0) is 11.0 Å². The number of nitriles is 1. The molecule has 2 heterocycles. The third-order valence-corrected chi connectivity index (χ3v) is 5.28. The van der Waals surface area contributed by atoms with E-state index >= 15 is 0 Å². The quantitative estimate of drug-likeness (QED) is 0.702. The molecule has 0 amide bonds. The van der Waals surface area contributed by atoms with Gasteiger partial charge in [-0.3, -0.25) is 4.79 Å². The highest BCUT2D eigenvalue weighted by Crippen LogP contribution is 2.34. The van der Waals surface area contributed by atoms with Crippen LogP contribution >= 0.6 is 34.7 Å². The summed E-state index contributed by atoms with van der Waals surface area (Å²) >= 11 is 7.88. The Morgan fingerprint density at radius 2 is 2.25 bits per heavy atom. The summed E-state index contributed by atoms with van der Waals surface area (Å²) in [4.78, 5) is 19.9.